The molecular weight excluding hydrogens is 268 g/mol. The molecule has 6 nitrogen and oxygen atoms in total. The van der Waals surface area contributed by atoms with E-state index >= 15 is 0 Å². The Morgan fingerprint density at radius 3 is 2.62 bits per heavy atom. The topological polar surface area (TPSA) is 80.0 Å². The second-order valence-corrected chi connectivity index (χ2v) is 4.77. The molecule has 0 radical (unpaired) electrons. The second-order valence-electron chi connectivity index (χ2n) is 4.77. The number of amides is 1. The molecule has 0 aliphatic heterocycles. The Labute approximate surface area is 124 Å². The third-order valence-corrected chi connectivity index (χ3v) is 3.23. The van der Waals surface area contributed by atoms with Crippen LogP contribution in [0.2, 0.25) is 0 Å². The molecule has 0 fully saturated rings. The number of oxazole rings is 1. The average Bonchev–Trinajstić information content (AvgIpc) is 2.82. The van der Waals surface area contributed by atoms with Gasteiger partial charge in [0.1, 0.15) is 11.6 Å². The molecule has 0 aliphatic carbocycles. The van der Waals surface area contributed by atoms with Crippen LogP contribution in [0.5, 0.6) is 0 Å². The summed E-state index contributed by atoms with van der Waals surface area (Å²) in [5, 5.41) is 5.77. The quantitative estimate of drug-likeness (QED) is 0.881. The van der Waals surface area contributed by atoms with Crippen molar-refractivity contribution in [1.29, 1.82) is 0 Å². The van der Waals surface area contributed by atoms with E-state index < -0.39 is 0 Å². The lowest BCUT2D eigenvalue weighted by molar-refractivity contribution is 0.0947. The van der Waals surface area contributed by atoms with E-state index in [-0.39, 0.29) is 12.5 Å². The van der Waals surface area contributed by atoms with Gasteiger partial charge in [-0.15, -0.1) is 0 Å². The molecule has 0 atom stereocenters. The van der Waals surface area contributed by atoms with Crippen LogP contribution in [0, 0.1) is 13.8 Å². The molecule has 6 heteroatoms. The summed E-state index contributed by atoms with van der Waals surface area (Å²) in [6.45, 7) is 6.00. The predicted octanol–water partition coefficient (Wildman–Crippen LogP) is 2.22. The van der Waals surface area contributed by atoms with E-state index in [1.54, 1.807) is 19.2 Å². The molecule has 1 amide bonds. The van der Waals surface area contributed by atoms with Gasteiger partial charge < -0.3 is 15.1 Å². The van der Waals surface area contributed by atoms with Crippen molar-refractivity contribution in [3.05, 3.63) is 40.7 Å². The van der Waals surface area contributed by atoms with Crippen LogP contribution in [0.4, 0.5) is 5.82 Å². The van der Waals surface area contributed by atoms with E-state index in [1.165, 1.54) is 0 Å². The van der Waals surface area contributed by atoms with Crippen LogP contribution in [0.15, 0.2) is 16.5 Å². The molecule has 0 unspecified atom stereocenters. The lowest BCUT2D eigenvalue weighted by Crippen LogP contribution is -2.23. The monoisotopic (exact) mass is 288 g/mol. The van der Waals surface area contributed by atoms with Gasteiger partial charge in [-0.3, -0.25) is 4.79 Å². The second kappa shape index (κ2) is 6.39. The van der Waals surface area contributed by atoms with Gasteiger partial charge in [0.05, 0.1) is 12.2 Å². The van der Waals surface area contributed by atoms with Crippen molar-refractivity contribution < 1.29 is 9.21 Å². The molecule has 2 aromatic rings. The Morgan fingerprint density at radius 1 is 1.29 bits per heavy atom. The molecule has 112 valence electrons. The zero-order chi connectivity index (χ0) is 15.4. The molecule has 2 N–H and O–H groups in total. The maximum atomic E-state index is 12.2. The number of nitrogens with one attached hydrogen (secondary N) is 2. The fourth-order valence-electron chi connectivity index (χ4n) is 1.90. The molecule has 0 aromatic carbocycles. The smallest absolute Gasteiger partial charge is 0.251 e. The van der Waals surface area contributed by atoms with Crippen LogP contribution < -0.4 is 10.6 Å². The number of carbonyl (C=O) groups is 1. The van der Waals surface area contributed by atoms with Crippen molar-refractivity contribution in [2.75, 3.05) is 12.4 Å². The summed E-state index contributed by atoms with van der Waals surface area (Å²) in [6, 6.07) is 3.52. The first-order chi connectivity index (χ1) is 10.0. The Hall–Kier alpha value is -2.37. The van der Waals surface area contributed by atoms with Gasteiger partial charge in [-0.1, -0.05) is 6.92 Å². The van der Waals surface area contributed by atoms with Crippen LogP contribution in [0.25, 0.3) is 0 Å². The number of rotatable bonds is 5. The van der Waals surface area contributed by atoms with E-state index in [9.17, 15) is 4.79 Å². The number of hydrogen-bond donors (Lipinski definition) is 2. The molecule has 0 saturated heterocycles. The largest absolute Gasteiger partial charge is 0.444 e. The van der Waals surface area contributed by atoms with Crippen molar-refractivity contribution >= 4 is 11.7 Å². The van der Waals surface area contributed by atoms with Crippen LogP contribution in [0.3, 0.4) is 0 Å². The summed E-state index contributed by atoms with van der Waals surface area (Å²) in [5.41, 5.74) is 2.29. The van der Waals surface area contributed by atoms with Crippen molar-refractivity contribution in [2.45, 2.75) is 33.7 Å². The maximum Gasteiger partial charge on any atom is 0.251 e. The normalized spacial score (nSPS) is 10.5. The fourth-order valence-corrected chi connectivity index (χ4v) is 1.90. The van der Waals surface area contributed by atoms with Crippen molar-refractivity contribution in [3.8, 4) is 0 Å². The maximum absolute atomic E-state index is 12.2. The molecule has 0 saturated carbocycles. The Kier molecular flexibility index (Phi) is 4.57. The zero-order valence-corrected chi connectivity index (χ0v) is 12.8. The standard InChI is InChI=1S/C15H20N4O2/c1-5-12-6-11(7-13(16-4)19-12)15(20)17-8-14-18-9(2)10(3)21-14/h6-7H,5,8H2,1-4H3,(H,16,19)(H,17,20). The van der Waals surface area contributed by atoms with Gasteiger partial charge in [-0.2, -0.15) is 0 Å². The minimum Gasteiger partial charge on any atom is -0.444 e. The van der Waals surface area contributed by atoms with Gasteiger partial charge in [0.15, 0.2) is 0 Å². The highest BCUT2D eigenvalue weighted by atomic mass is 16.4. The van der Waals surface area contributed by atoms with E-state index in [2.05, 4.69) is 20.6 Å². The predicted molar refractivity (Wildman–Crippen MR) is 80.3 cm³/mol. The van der Waals surface area contributed by atoms with Crippen molar-refractivity contribution in [3.63, 3.8) is 0 Å². The van der Waals surface area contributed by atoms with E-state index in [1.807, 2.05) is 20.8 Å². The first-order valence-corrected chi connectivity index (χ1v) is 6.93. The van der Waals surface area contributed by atoms with E-state index in [4.69, 9.17) is 4.42 Å². The molecule has 2 heterocycles. The Balaban J connectivity index is 2.09. The van der Waals surface area contributed by atoms with Crippen LogP contribution >= 0.6 is 0 Å². The molecule has 2 aromatic heterocycles. The van der Waals surface area contributed by atoms with Crippen LogP contribution in [0.1, 0.15) is 40.3 Å². The number of hydrogen-bond acceptors (Lipinski definition) is 5. The summed E-state index contributed by atoms with van der Waals surface area (Å²) in [5.74, 6) is 1.80. The summed E-state index contributed by atoms with van der Waals surface area (Å²) in [6.07, 6.45) is 0.772. The number of nitrogens with zero attached hydrogens (tertiary/aromatic N) is 2. The number of carbonyl (C=O) groups excluding carboxylic acids is 1. The number of anilines is 1. The zero-order valence-electron chi connectivity index (χ0n) is 12.8. The lowest BCUT2D eigenvalue weighted by Gasteiger charge is -2.07. The van der Waals surface area contributed by atoms with Crippen LogP contribution in [-0.4, -0.2) is 22.9 Å². The number of aromatic nitrogens is 2. The highest BCUT2D eigenvalue weighted by Gasteiger charge is 2.11. The summed E-state index contributed by atoms with van der Waals surface area (Å²) in [7, 11) is 1.78. The molecule has 0 spiro atoms. The Bertz CT molecular complexity index is 607. The highest BCUT2D eigenvalue weighted by molar-refractivity contribution is 5.94. The molecular formula is C15H20N4O2. The Morgan fingerprint density at radius 2 is 2.05 bits per heavy atom. The van der Waals surface area contributed by atoms with E-state index in [0.29, 0.717) is 17.3 Å². The van der Waals surface area contributed by atoms with Gasteiger partial charge in [0, 0.05) is 18.3 Å². The first-order valence-electron chi connectivity index (χ1n) is 6.93. The van der Waals surface area contributed by atoms with Gasteiger partial charge in [-0.05, 0) is 32.4 Å². The van der Waals surface area contributed by atoms with E-state index in [0.717, 1.165) is 23.6 Å². The summed E-state index contributed by atoms with van der Waals surface area (Å²) >= 11 is 0. The number of aryl methyl sites for hydroxylation is 3. The lowest BCUT2D eigenvalue weighted by atomic mass is 10.2. The summed E-state index contributed by atoms with van der Waals surface area (Å²) in [4.78, 5) is 20.8. The van der Waals surface area contributed by atoms with Crippen molar-refractivity contribution in [2.24, 2.45) is 0 Å². The molecule has 21 heavy (non-hydrogen) atoms. The average molecular weight is 288 g/mol. The van der Waals surface area contributed by atoms with Gasteiger partial charge in [-0.25, -0.2) is 9.97 Å². The van der Waals surface area contributed by atoms with Gasteiger partial charge >= 0.3 is 0 Å². The van der Waals surface area contributed by atoms with Crippen LogP contribution in [-0.2, 0) is 13.0 Å². The highest BCUT2D eigenvalue weighted by Crippen LogP contribution is 2.12. The molecule has 0 aliphatic rings. The molecule has 2 rings (SSSR count). The molecule has 0 bridgehead atoms. The first kappa shape index (κ1) is 15.0. The minimum atomic E-state index is -0.169. The third-order valence-electron chi connectivity index (χ3n) is 3.23. The minimum absolute atomic E-state index is 0.169. The fraction of sp³-hybridized carbons (Fsp3) is 0.400. The third kappa shape index (κ3) is 3.59. The number of pyridine rings is 1. The van der Waals surface area contributed by atoms with Crippen molar-refractivity contribution in [1.82, 2.24) is 15.3 Å². The SMILES string of the molecule is CCc1cc(C(=O)NCc2nc(C)c(C)o2)cc(NC)n1. The van der Waals surface area contributed by atoms with Gasteiger partial charge in [0.2, 0.25) is 5.89 Å². The van der Waals surface area contributed by atoms with Gasteiger partial charge in [0.25, 0.3) is 5.91 Å². The summed E-state index contributed by atoms with van der Waals surface area (Å²) < 4.78 is 5.44.